The van der Waals surface area contributed by atoms with Gasteiger partial charge in [0.25, 0.3) is 0 Å². The molecule has 1 heterocycles. The minimum atomic E-state index is -0.645. The Hall–Kier alpha value is -0.590. The van der Waals surface area contributed by atoms with E-state index in [0.717, 1.165) is 10.0 Å². The van der Waals surface area contributed by atoms with Gasteiger partial charge in [-0.3, -0.25) is 4.79 Å². The summed E-state index contributed by atoms with van der Waals surface area (Å²) in [4.78, 5) is 16.2. The van der Waals surface area contributed by atoms with E-state index in [1.165, 1.54) is 7.11 Å². The zero-order valence-electron chi connectivity index (χ0n) is 11.4. The Kier molecular flexibility index (Phi) is 5.62. The molecule has 1 rings (SSSR count). The third-order valence-corrected chi connectivity index (χ3v) is 4.97. The molecule has 0 aromatic carbocycles. The first-order chi connectivity index (χ1) is 8.41. The Morgan fingerprint density at radius 2 is 2.39 bits per heavy atom. The number of ether oxygens (including phenoxy) is 1. The molecule has 0 bridgehead atoms. The minimum Gasteiger partial charge on any atom is -0.468 e. The van der Waals surface area contributed by atoms with Gasteiger partial charge in [0.1, 0.15) is 9.88 Å². The first-order valence-electron chi connectivity index (χ1n) is 5.77. The molecular formula is C12H20N2O2S2. The maximum Gasteiger partial charge on any atom is 0.325 e. The van der Waals surface area contributed by atoms with Crippen LogP contribution in [0.15, 0.2) is 9.72 Å². The molecule has 0 aliphatic heterocycles. The Bertz CT molecular complexity index is 409. The van der Waals surface area contributed by atoms with Gasteiger partial charge in [-0.15, -0.1) is 11.3 Å². The highest BCUT2D eigenvalue weighted by Gasteiger charge is 2.34. The number of nitrogens with one attached hydrogen (secondary N) is 1. The lowest BCUT2D eigenvalue weighted by Gasteiger charge is -2.28. The zero-order valence-corrected chi connectivity index (χ0v) is 13.1. The number of carbonyl (C=O) groups excluding carboxylic acids is 1. The van der Waals surface area contributed by atoms with Crippen LogP contribution in [0.4, 0.5) is 0 Å². The zero-order chi connectivity index (χ0) is 13.8. The Balaban J connectivity index is 2.62. The molecule has 1 N–H and O–H groups in total. The number of esters is 1. The van der Waals surface area contributed by atoms with E-state index in [1.807, 2.05) is 19.2 Å². The Morgan fingerprint density at radius 1 is 1.72 bits per heavy atom. The van der Waals surface area contributed by atoms with Crippen molar-refractivity contribution in [3.05, 3.63) is 11.1 Å². The predicted molar refractivity (Wildman–Crippen MR) is 76.3 cm³/mol. The number of likely N-dealkylation sites (N-methyl/N-ethyl adjacent to an activating group) is 1. The summed E-state index contributed by atoms with van der Waals surface area (Å²) >= 11 is 3.34. The lowest BCUT2D eigenvalue weighted by molar-refractivity contribution is -0.147. The van der Waals surface area contributed by atoms with Gasteiger partial charge < -0.3 is 10.1 Å². The molecule has 0 fully saturated rings. The molecule has 0 amide bonds. The van der Waals surface area contributed by atoms with E-state index in [4.69, 9.17) is 4.74 Å². The summed E-state index contributed by atoms with van der Waals surface area (Å²) < 4.78 is 5.88. The molecule has 0 aliphatic carbocycles. The average molecular weight is 288 g/mol. The predicted octanol–water partition coefficient (Wildman–Crippen LogP) is 2.47. The highest BCUT2D eigenvalue weighted by molar-refractivity contribution is 8.01. The quantitative estimate of drug-likeness (QED) is 0.644. The lowest BCUT2D eigenvalue weighted by Crippen LogP contribution is -2.49. The maximum absolute atomic E-state index is 11.7. The number of aromatic nitrogens is 1. The second-order valence-electron chi connectivity index (χ2n) is 4.46. The number of carbonyl (C=O) groups is 1. The van der Waals surface area contributed by atoms with E-state index in [-0.39, 0.29) is 11.2 Å². The van der Waals surface area contributed by atoms with E-state index in [9.17, 15) is 4.79 Å². The van der Waals surface area contributed by atoms with E-state index in [1.54, 1.807) is 30.1 Å². The summed E-state index contributed by atoms with van der Waals surface area (Å²) in [6, 6.07) is 0. The normalized spacial score (nSPS) is 16.1. The van der Waals surface area contributed by atoms with Crippen LogP contribution in [-0.4, -0.2) is 35.9 Å². The smallest absolute Gasteiger partial charge is 0.325 e. The van der Waals surface area contributed by atoms with Crippen molar-refractivity contribution in [1.82, 2.24) is 10.3 Å². The fraction of sp³-hybridized carbons (Fsp3) is 0.667. The van der Waals surface area contributed by atoms with Gasteiger partial charge in [-0.2, -0.15) is 0 Å². The molecule has 2 unspecified atom stereocenters. The van der Waals surface area contributed by atoms with Crippen molar-refractivity contribution in [1.29, 1.82) is 0 Å². The summed E-state index contributed by atoms with van der Waals surface area (Å²) in [5.74, 6) is -0.229. The molecule has 4 nitrogen and oxygen atoms in total. The number of hydrogen-bond donors (Lipinski definition) is 1. The molecule has 1 aromatic rings. The van der Waals surface area contributed by atoms with Crippen LogP contribution >= 0.6 is 23.1 Å². The van der Waals surface area contributed by atoms with Crippen molar-refractivity contribution in [3.63, 3.8) is 0 Å². The molecule has 0 aliphatic rings. The highest BCUT2D eigenvalue weighted by atomic mass is 32.2. The average Bonchev–Trinajstić information content (AvgIpc) is 2.73. The van der Waals surface area contributed by atoms with E-state index < -0.39 is 5.54 Å². The largest absolute Gasteiger partial charge is 0.468 e. The van der Waals surface area contributed by atoms with E-state index >= 15 is 0 Å². The molecule has 0 saturated carbocycles. The standard InChI is InChI=1S/C12H20N2O2S2/c1-8-7-17-11(14-8)18-9(2)6-12(3,13-4)10(15)16-5/h7,9,13H,6H2,1-5H3. The molecule has 0 radical (unpaired) electrons. The molecular weight excluding hydrogens is 268 g/mol. The highest BCUT2D eigenvalue weighted by Crippen LogP contribution is 2.31. The van der Waals surface area contributed by atoms with Crippen LogP contribution in [0.3, 0.4) is 0 Å². The minimum absolute atomic E-state index is 0.229. The van der Waals surface area contributed by atoms with E-state index in [0.29, 0.717) is 6.42 Å². The molecule has 18 heavy (non-hydrogen) atoms. The van der Waals surface area contributed by atoms with Gasteiger partial charge in [-0.1, -0.05) is 18.7 Å². The van der Waals surface area contributed by atoms with Gasteiger partial charge in [0.2, 0.25) is 0 Å². The molecule has 2 atom stereocenters. The molecule has 0 spiro atoms. The van der Waals surface area contributed by atoms with E-state index in [2.05, 4.69) is 17.2 Å². The van der Waals surface area contributed by atoms with Crippen LogP contribution in [0.5, 0.6) is 0 Å². The second-order valence-corrected chi connectivity index (χ2v) is 7.00. The maximum atomic E-state index is 11.7. The fourth-order valence-corrected chi connectivity index (χ4v) is 4.03. The first kappa shape index (κ1) is 15.5. The fourth-order valence-electron chi connectivity index (χ4n) is 1.69. The van der Waals surface area contributed by atoms with Crippen molar-refractivity contribution < 1.29 is 9.53 Å². The van der Waals surface area contributed by atoms with Gasteiger partial charge >= 0.3 is 5.97 Å². The summed E-state index contributed by atoms with van der Waals surface area (Å²) in [6.45, 7) is 5.94. The molecule has 6 heteroatoms. The summed E-state index contributed by atoms with van der Waals surface area (Å²) in [6.07, 6.45) is 0.694. The van der Waals surface area contributed by atoms with Crippen LogP contribution in [0.1, 0.15) is 26.0 Å². The number of thioether (sulfide) groups is 1. The first-order valence-corrected chi connectivity index (χ1v) is 7.53. The van der Waals surface area contributed by atoms with Crippen LogP contribution in [0, 0.1) is 6.92 Å². The van der Waals surface area contributed by atoms with Crippen LogP contribution in [-0.2, 0) is 9.53 Å². The van der Waals surface area contributed by atoms with Crippen molar-refractivity contribution in [2.75, 3.05) is 14.2 Å². The molecule has 102 valence electrons. The van der Waals surface area contributed by atoms with Crippen LogP contribution < -0.4 is 5.32 Å². The van der Waals surface area contributed by atoms with Gasteiger partial charge in [-0.25, -0.2) is 4.98 Å². The molecule has 0 saturated heterocycles. The Labute approximate surface area is 117 Å². The summed E-state index contributed by atoms with van der Waals surface area (Å²) in [5, 5.41) is 5.36. The second kappa shape index (κ2) is 6.54. The molecule has 1 aromatic heterocycles. The van der Waals surface area contributed by atoms with Crippen LogP contribution in [0.2, 0.25) is 0 Å². The SMILES string of the molecule is CNC(C)(CC(C)Sc1nc(C)cs1)C(=O)OC. The third-order valence-electron chi connectivity index (χ3n) is 2.78. The number of hydrogen-bond acceptors (Lipinski definition) is 6. The Morgan fingerprint density at radius 3 is 2.83 bits per heavy atom. The van der Waals surface area contributed by atoms with Crippen molar-refractivity contribution >= 4 is 29.1 Å². The van der Waals surface area contributed by atoms with Gasteiger partial charge in [0, 0.05) is 16.3 Å². The summed E-state index contributed by atoms with van der Waals surface area (Å²) in [5.41, 5.74) is 0.395. The third kappa shape index (κ3) is 3.96. The topological polar surface area (TPSA) is 51.2 Å². The van der Waals surface area contributed by atoms with Crippen LogP contribution in [0.25, 0.3) is 0 Å². The number of methoxy groups -OCH3 is 1. The monoisotopic (exact) mass is 288 g/mol. The van der Waals surface area contributed by atoms with Crippen molar-refractivity contribution in [2.24, 2.45) is 0 Å². The number of aryl methyl sites for hydroxylation is 1. The number of thiazole rings is 1. The lowest BCUT2D eigenvalue weighted by atomic mass is 9.96. The number of nitrogens with zero attached hydrogens (tertiary/aromatic N) is 1. The number of rotatable bonds is 6. The van der Waals surface area contributed by atoms with Gasteiger partial charge in [-0.05, 0) is 27.3 Å². The van der Waals surface area contributed by atoms with Crippen molar-refractivity contribution in [3.8, 4) is 0 Å². The van der Waals surface area contributed by atoms with Gasteiger partial charge in [0.05, 0.1) is 7.11 Å². The summed E-state index contributed by atoms with van der Waals surface area (Å²) in [7, 11) is 3.20. The van der Waals surface area contributed by atoms with Gasteiger partial charge in [0.15, 0.2) is 0 Å². The van der Waals surface area contributed by atoms with Crippen molar-refractivity contribution in [2.45, 2.75) is 42.3 Å².